The summed E-state index contributed by atoms with van der Waals surface area (Å²) in [4.78, 5) is 3.86. The van der Waals surface area contributed by atoms with Gasteiger partial charge < -0.3 is 9.67 Å². The monoisotopic (exact) mass is 275 g/mol. The summed E-state index contributed by atoms with van der Waals surface area (Å²) >= 11 is 0. The molecule has 0 aliphatic rings. The van der Waals surface area contributed by atoms with Crippen LogP contribution in [0.25, 0.3) is 0 Å². The van der Waals surface area contributed by atoms with E-state index in [2.05, 4.69) is 9.71 Å². The third-order valence-electron chi connectivity index (χ3n) is 3.17. The topological polar surface area (TPSA) is 84.2 Å². The van der Waals surface area contributed by atoms with Gasteiger partial charge >= 0.3 is 0 Å². The van der Waals surface area contributed by atoms with Crippen LogP contribution in [0.15, 0.2) is 17.6 Å². The summed E-state index contributed by atoms with van der Waals surface area (Å²) in [6.45, 7) is 8.91. The molecule has 0 aromatic carbocycles. The van der Waals surface area contributed by atoms with Gasteiger partial charge in [0.15, 0.2) is 5.03 Å². The molecule has 2 N–H and O–H groups in total. The van der Waals surface area contributed by atoms with E-state index < -0.39 is 21.2 Å². The minimum atomic E-state index is -3.73. The van der Waals surface area contributed by atoms with E-state index in [4.69, 9.17) is 0 Å². The van der Waals surface area contributed by atoms with Gasteiger partial charge in [-0.15, -0.1) is 0 Å². The number of aryl methyl sites for hydroxylation is 1. The second kappa shape index (κ2) is 4.64. The van der Waals surface area contributed by atoms with E-state index in [1.54, 1.807) is 32.3 Å². The maximum Gasteiger partial charge on any atom is 0.260 e. The minimum absolute atomic E-state index is 0.0401. The Morgan fingerprint density at radius 1 is 1.39 bits per heavy atom. The van der Waals surface area contributed by atoms with Crippen molar-refractivity contribution in [2.45, 2.75) is 57.3 Å². The van der Waals surface area contributed by atoms with Crippen LogP contribution in [-0.4, -0.2) is 34.2 Å². The van der Waals surface area contributed by atoms with Crippen molar-refractivity contribution in [3.05, 3.63) is 12.5 Å². The van der Waals surface area contributed by atoms with Crippen LogP contribution in [0.4, 0.5) is 0 Å². The molecule has 18 heavy (non-hydrogen) atoms. The Balaban J connectivity index is 3.02. The Morgan fingerprint density at radius 2 is 1.94 bits per heavy atom. The van der Waals surface area contributed by atoms with Crippen LogP contribution in [0.5, 0.6) is 0 Å². The quantitative estimate of drug-likeness (QED) is 0.829. The minimum Gasteiger partial charge on any atom is -0.389 e. The number of sulfonamides is 1. The second-order valence-corrected chi connectivity index (χ2v) is 6.96. The molecule has 0 amide bonds. The predicted molar refractivity (Wildman–Crippen MR) is 68.6 cm³/mol. The molecule has 1 aromatic rings. The number of aliphatic hydroxyl groups is 1. The van der Waals surface area contributed by atoms with Crippen LogP contribution in [0.3, 0.4) is 0 Å². The summed E-state index contributed by atoms with van der Waals surface area (Å²) < 4.78 is 28.4. The number of hydrogen-bond acceptors (Lipinski definition) is 4. The summed E-state index contributed by atoms with van der Waals surface area (Å²) in [5.41, 5.74) is -2.19. The first-order valence-corrected chi connectivity index (χ1v) is 7.26. The lowest BCUT2D eigenvalue weighted by Crippen LogP contribution is -2.57. The van der Waals surface area contributed by atoms with Gasteiger partial charge in [-0.05, 0) is 34.6 Å². The van der Waals surface area contributed by atoms with Gasteiger partial charge in [0.1, 0.15) is 0 Å². The molecule has 0 radical (unpaired) electrons. The Bertz CT molecular complexity index is 512. The van der Waals surface area contributed by atoms with Crippen LogP contribution in [0, 0.1) is 0 Å². The third kappa shape index (κ3) is 3.09. The standard InChI is InChI=1S/C11H21N3O3S/c1-6-14-7-9(12-8-14)18(16,17)13-10(2,3)11(4,5)15/h7-8,13,15H,6H2,1-5H3. The van der Waals surface area contributed by atoms with Crippen molar-refractivity contribution in [3.8, 4) is 0 Å². The van der Waals surface area contributed by atoms with E-state index in [9.17, 15) is 13.5 Å². The predicted octanol–water partition coefficient (Wildman–Crippen LogP) is 0.731. The number of aromatic nitrogens is 2. The van der Waals surface area contributed by atoms with Gasteiger partial charge in [-0.25, -0.2) is 18.1 Å². The van der Waals surface area contributed by atoms with E-state index >= 15 is 0 Å². The molecule has 0 fully saturated rings. The highest BCUT2D eigenvalue weighted by molar-refractivity contribution is 7.89. The van der Waals surface area contributed by atoms with E-state index in [-0.39, 0.29) is 5.03 Å². The Hall–Kier alpha value is -0.920. The van der Waals surface area contributed by atoms with E-state index in [1.807, 2.05) is 6.92 Å². The SMILES string of the molecule is CCn1cnc(S(=O)(=O)NC(C)(C)C(C)(C)O)c1. The lowest BCUT2D eigenvalue weighted by molar-refractivity contribution is 0.00636. The first-order valence-electron chi connectivity index (χ1n) is 5.78. The van der Waals surface area contributed by atoms with Crippen molar-refractivity contribution in [1.29, 1.82) is 0 Å². The average Bonchev–Trinajstić information content (AvgIpc) is 2.62. The lowest BCUT2D eigenvalue weighted by Gasteiger charge is -2.37. The molecule has 0 unspecified atom stereocenters. The Kier molecular flexibility index (Phi) is 3.90. The van der Waals surface area contributed by atoms with E-state index in [0.29, 0.717) is 6.54 Å². The van der Waals surface area contributed by atoms with Gasteiger partial charge in [-0.3, -0.25) is 0 Å². The molecule has 0 saturated carbocycles. The van der Waals surface area contributed by atoms with E-state index in [1.165, 1.54) is 12.5 Å². The summed E-state index contributed by atoms with van der Waals surface area (Å²) in [6, 6.07) is 0. The molecule has 7 heteroatoms. The highest BCUT2D eigenvalue weighted by Gasteiger charge is 2.39. The maximum atomic E-state index is 12.1. The van der Waals surface area contributed by atoms with Crippen LogP contribution >= 0.6 is 0 Å². The lowest BCUT2D eigenvalue weighted by atomic mass is 9.87. The van der Waals surface area contributed by atoms with Crippen molar-refractivity contribution in [1.82, 2.24) is 14.3 Å². The molecule has 0 atom stereocenters. The summed E-state index contributed by atoms with van der Waals surface area (Å²) in [5.74, 6) is 0. The summed E-state index contributed by atoms with van der Waals surface area (Å²) in [7, 11) is -3.73. The highest BCUT2D eigenvalue weighted by Crippen LogP contribution is 2.23. The molecule has 0 bridgehead atoms. The molecule has 0 aliphatic heterocycles. The molecular weight excluding hydrogens is 254 g/mol. The molecule has 1 rings (SSSR count). The van der Waals surface area contributed by atoms with Crippen LogP contribution in [-0.2, 0) is 16.6 Å². The normalized spacial score (nSPS) is 13.9. The van der Waals surface area contributed by atoms with Gasteiger partial charge in [0.2, 0.25) is 0 Å². The fourth-order valence-electron chi connectivity index (χ4n) is 1.16. The number of imidazole rings is 1. The fourth-order valence-corrected chi connectivity index (χ4v) is 2.65. The molecule has 0 aliphatic carbocycles. The zero-order chi connectivity index (χ0) is 14.2. The molecule has 6 nitrogen and oxygen atoms in total. The van der Waals surface area contributed by atoms with Gasteiger partial charge in [-0.2, -0.15) is 0 Å². The van der Waals surface area contributed by atoms with Gasteiger partial charge in [0.25, 0.3) is 10.0 Å². The van der Waals surface area contributed by atoms with Crippen molar-refractivity contribution in [3.63, 3.8) is 0 Å². The van der Waals surface area contributed by atoms with Gasteiger partial charge in [0, 0.05) is 12.7 Å². The number of hydrogen-bond donors (Lipinski definition) is 2. The van der Waals surface area contributed by atoms with Crippen molar-refractivity contribution >= 4 is 10.0 Å². The number of rotatable bonds is 5. The van der Waals surface area contributed by atoms with Crippen molar-refractivity contribution in [2.24, 2.45) is 0 Å². The molecular formula is C11H21N3O3S. The first kappa shape index (κ1) is 15.1. The maximum absolute atomic E-state index is 12.1. The Morgan fingerprint density at radius 3 is 2.33 bits per heavy atom. The number of nitrogens with one attached hydrogen (secondary N) is 1. The zero-order valence-electron chi connectivity index (χ0n) is 11.4. The largest absolute Gasteiger partial charge is 0.389 e. The van der Waals surface area contributed by atoms with Gasteiger partial charge in [0.05, 0.1) is 17.5 Å². The van der Waals surface area contributed by atoms with Crippen LogP contribution < -0.4 is 4.72 Å². The van der Waals surface area contributed by atoms with Crippen molar-refractivity contribution in [2.75, 3.05) is 0 Å². The Labute approximate surface area is 108 Å². The smallest absolute Gasteiger partial charge is 0.260 e. The summed E-state index contributed by atoms with van der Waals surface area (Å²) in [5, 5.41) is 9.91. The molecule has 1 aromatic heterocycles. The van der Waals surface area contributed by atoms with Crippen LogP contribution in [0.1, 0.15) is 34.6 Å². The third-order valence-corrected chi connectivity index (χ3v) is 4.71. The molecule has 104 valence electrons. The highest BCUT2D eigenvalue weighted by atomic mass is 32.2. The van der Waals surface area contributed by atoms with Crippen LogP contribution in [0.2, 0.25) is 0 Å². The van der Waals surface area contributed by atoms with Gasteiger partial charge in [-0.1, -0.05) is 0 Å². The zero-order valence-corrected chi connectivity index (χ0v) is 12.2. The molecule has 0 spiro atoms. The average molecular weight is 275 g/mol. The number of nitrogens with zero attached hydrogens (tertiary/aromatic N) is 2. The summed E-state index contributed by atoms with van der Waals surface area (Å²) in [6.07, 6.45) is 2.93. The fraction of sp³-hybridized carbons (Fsp3) is 0.727. The second-order valence-electron chi connectivity index (χ2n) is 5.33. The molecule has 1 heterocycles. The van der Waals surface area contributed by atoms with Crippen molar-refractivity contribution < 1.29 is 13.5 Å². The molecule has 0 saturated heterocycles. The van der Waals surface area contributed by atoms with E-state index in [0.717, 1.165) is 0 Å². The first-order chi connectivity index (χ1) is 7.99.